The number of anilines is 1. The maximum Gasteiger partial charge on any atom is 0.418 e. The van der Waals surface area contributed by atoms with E-state index in [1.54, 1.807) is 6.07 Å². The smallest absolute Gasteiger partial charge is 0.418 e. The van der Waals surface area contributed by atoms with Crippen LogP contribution in [0, 0.1) is 5.92 Å². The Hall–Kier alpha value is -1.39. The summed E-state index contributed by atoms with van der Waals surface area (Å²) in [6.45, 7) is 2.84. The molecule has 0 radical (unpaired) electrons. The maximum atomic E-state index is 12.7. The van der Waals surface area contributed by atoms with Crippen LogP contribution in [0.1, 0.15) is 12.5 Å². The molecule has 0 saturated carbocycles. The Labute approximate surface area is 91.4 Å². The SMILES string of the molecule is CC1CNc2c(cccc2C(F)(F)F)OC1. The fourth-order valence-corrected chi connectivity index (χ4v) is 1.64. The summed E-state index contributed by atoms with van der Waals surface area (Å²) in [6, 6.07) is 3.97. The van der Waals surface area contributed by atoms with Crippen molar-refractivity contribution in [1.29, 1.82) is 0 Å². The number of para-hydroxylation sites is 1. The van der Waals surface area contributed by atoms with Crippen molar-refractivity contribution in [3.05, 3.63) is 23.8 Å². The van der Waals surface area contributed by atoms with Gasteiger partial charge in [0.15, 0.2) is 0 Å². The van der Waals surface area contributed by atoms with Gasteiger partial charge in [0.25, 0.3) is 0 Å². The number of halogens is 3. The van der Waals surface area contributed by atoms with Crippen LogP contribution in [-0.4, -0.2) is 13.2 Å². The third-order valence-electron chi connectivity index (χ3n) is 2.48. The minimum Gasteiger partial charge on any atom is -0.491 e. The molecular weight excluding hydrogens is 219 g/mol. The number of alkyl halides is 3. The normalized spacial score (nSPS) is 20.4. The van der Waals surface area contributed by atoms with Crippen molar-refractivity contribution in [3.8, 4) is 5.75 Å². The highest BCUT2D eigenvalue weighted by atomic mass is 19.4. The summed E-state index contributed by atoms with van der Waals surface area (Å²) in [7, 11) is 0. The Morgan fingerprint density at radius 1 is 1.38 bits per heavy atom. The van der Waals surface area contributed by atoms with Crippen LogP contribution in [-0.2, 0) is 6.18 Å². The second-order valence-electron chi connectivity index (χ2n) is 3.97. The highest BCUT2D eigenvalue weighted by Gasteiger charge is 2.35. The van der Waals surface area contributed by atoms with Gasteiger partial charge in [-0.25, -0.2) is 0 Å². The molecule has 0 aliphatic carbocycles. The average molecular weight is 231 g/mol. The standard InChI is InChI=1S/C11H12F3NO/c1-7-5-15-10-8(11(12,13)14)3-2-4-9(10)16-6-7/h2-4,7,15H,5-6H2,1H3. The lowest BCUT2D eigenvalue weighted by atomic mass is 10.1. The molecular formula is C11H12F3NO. The van der Waals surface area contributed by atoms with Gasteiger partial charge in [-0.3, -0.25) is 0 Å². The lowest BCUT2D eigenvalue weighted by Gasteiger charge is -2.15. The van der Waals surface area contributed by atoms with Crippen LogP contribution in [0.2, 0.25) is 0 Å². The fourth-order valence-electron chi connectivity index (χ4n) is 1.64. The van der Waals surface area contributed by atoms with Gasteiger partial charge in [0, 0.05) is 12.5 Å². The molecule has 5 heteroatoms. The monoisotopic (exact) mass is 231 g/mol. The van der Waals surface area contributed by atoms with Crippen LogP contribution in [0.25, 0.3) is 0 Å². The molecule has 2 rings (SSSR count). The molecule has 0 amide bonds. The zero-order chi connectivity index (χ0) is 11.8. The highest BCUT2D eigenvalue weighted by Crippen LogP contribution is 2.40. The number of nitrogens with one attached hydrogen (secondary N) is 1. The van der Waals surface area contributed by atoms with E-state index in [0.717, 1.165) is 6.07 Å². The summed E-state index contributed by atoms with van der Waals surface area (Å²) in [6.07, 6.45) is -4.35. The topological polar surface area (TPSA) is 21.3 Å². The van der Waals surface area contributed by atoms with Gasteiger partial charge in [-0.2, -0.15) is 13.2 Å². The molecule has 16 heavy (non-hydrogen) atoms. The second kappa shape index (κ2) is 3.88. The van der Waals surface area contributed by atoms with Crippen molar-refractivity contribution in [2.45, 2.75) is 13.1 Å². The third kappa shape index (κ3) is 2.08. The molecule has 1 atom stereocenters. The number of hydrogen-bond acceptors (Lipinski definition) is 2. The predicted octanol–water partition coefficient (Wildman–Crippen LogP) is 3.15. The zero-order valence-electron chi connectivity index (χ0n) is 8.77. The summed E-state index contributed by atoms with van der Waals surface area (Å²) in [5.74, 6) is 0.465. The Kier molecular flexibility index (Phi) is 2.69. The molecule has 0 fully saturated rings. The average Bonchev–Trinajstić information content (AvgIpc) is 2.39. The van der Waals surface area contributed by atoms with Gasteiger partial charge in [-0.15, -0.1) is 0 Å². The lowest BCUT2D eigenvalue weighted by molar-refractivity contribution is -0.137. The number of hydrogen-bond donors (Lipinski definition) is 1. The number of rotatable bonds is 0. The lowest BCUT2D eigenvalue weighted by Crippen LogP contribution is -2.15. The van der Waals surface area contributed by atoms with E-state index in [1.165, 1.54) is 6.07 Å². The van der Waals surface area contributed by atoms with Crippen LogP contribution in [0.15, 0.2) is 18.2 Å². The molecule has 0 saturated heterocycles. The van der Waals surface area contributed by atoms with E-state index in [4.69, 9.17) is 4.74 Å². The van der Waals surface area contributed by atoms with E-state index < -0.39 is 11.7 Å². The Morgan fingerprint density at radius 3 is 2.81 bits per heavy atom. The van der Waals surface area contributed by atoms with E-state index in [0.29, 0.717) is 13.2 Å². The Balaban J connectivity index is 2.44. The van der Waals surface area contributed by atoms with Crippen LogP contribution in [0.4, 0.5) is 18.9 Å². The van der Waals surface area contributed by atoms with E-state index >= 15 is 0 Å². The first-order chi connectivity index (χ1) is 7.48. The van der Waals surface area contributed by atoms with Crippen LogP contribution in [0.5, 0.6) is 5.75 Å². The van der Waals surface area contributed by atoms with Crippen molar-refractivity contribution in [2.75, 3.05) is 18.5 Å². The molecule has 0 spiro atoms. The highest BCUT2D eigenvalue weighted by molar-refractivity contribution is 5.63. The van der Waals surface area contributed by atoms with Gasteiger partial charge in [-0.1, -0.05) is 13.0 Å². The van der Waals surface area contributed by atoms with Gasteiger partial charge in [-0.05, 0) is 12.1 Å². The van der Waals surface area contributed by atoms with E-state index in [1.807, 2.05) is 6.92 Å². The van der Waals surface area contributed by atoms with Crippen molar-refractivity contribution < 1.29 is 17.9 Å². The predicted molar refractivity (Wildman–Crippen MR) is 54.6 cm³/mol. The van der Waals surface area contributed by atoms with Gasteiger partial charge in [0.1, 0.15) is 5.75 Å². The number of benzene rings is 1. The quantitative estimate of drug-likeness (QED) is 0.740. The Bertz CT molecular complexity index is 389. The molecule has 1 aromatic carbocycles. The van der Waals surface area contributed by atoms with Crippen molar-refractivity contribution in [1.82, 2.24) is 0 Å². The molecule has 0 aromatic heterocycles. The summed E-state index contributed by atoms with van der Waals surface area (Å²) >= 11 is 0. The minimum atomic E-state index is -4.35. The summed E-state index contributed by atoms with van der Waals surface area (Å²) in [5.41, 5.74) is -0.613. The first kappa shape index (κ1) is 11.1. The van der Waals surface area contributed by atoms with E-state index in [2.05, 4.69) is 5.32 Å². The number of fused-ring (bicyclic) bond motifs is 1. The first-order valence-corrected chi connectivity index (χ1v) is 5.05. The van der Waals surface area contributed by atoms with Gasteiger partial charge >= 0.3 is 6.18 Å². The van der Waals surface area contributed by atoms with Crippen molar-refractivity contribution in [2.24, 2.45) is 5.92 Å². The molecule has 0 bridgehead atoms. The molecule has 1 heterocycles. The fraction of sp³-hybridized carbons (Fsp3) is 0.455. The van der Waals surface area contributed by atoms with E-state index in [9.17, 15) is 13.2 Å². The van der Waals surface area contributed by atoms with Crippen LogP contribution in [0.3, 0.4) is 0 Å². The first-order valence-electron chi connectivity index (χ1n) is 5.05. The molecule has 1 aliphatic rings. The summed E-state index contributed by atoms with van der Waals surface area (Å²) in [5, 5.41) is 2.81. The summed E-state index contributed by atoms with van der Waals surface area (Å²) < 4.78 is 43.5. The van der Waals surface area contributed by atoms with Crippen LogP contribution < -0.4 is 10.1 Å². The zero-order valence-corrected chi connectivity index (χ0v) is 8.77. The largest absolute Gasteiger partial charge is 0.491 e. The second-order valence-corrected chi connectivity index (χ2v) is 3.97. The van der Waals surface area contributed by atoms with Gasteiger partial charge in [0.05, 0.1) is 17.9 Å². The maximum absolute atomic E-state index is 12.7. The third-order valence-corrected chi connectivity index (χ3v) is 2.48. The molecule has 88 valence electrons. The van der Waals surface area contributed by atoms with Crippen molar-refractivity contribution in [3.63, 3.8) is 0 Å². The minimum absolute atomic E-state index is 0.0550. The Morgan fingerprint density at radius 2 is 2.12 bits per heavy atom. The molecule has 2 nitrogen and oxygen atoms in total. The molecule has 1 aliphatic heterocycles. The number of ether oxygens (including phenoxy) is 1. The van der Waals surface area contributed by atoms with Gasteiger partial charge in [0.2, 0.25) is 0 Å². The summed E-state index contributed by atoms with van der Waals surface area (Å²) in [4.78, 5) is 0. The molecule has 1 N–H and O–H groups in total. The van der Waals surface area contributed by atoms with Crippen molar-refractivity contribution >= 4 is 5.69 Å². The van der Waals surface area contributed by atoms with Crippen LogP contribution >= 0.6 is 0 Å². The van der Waals surface area contributed by atoms with E-state index in [-0.39, 0.29) is 17.4 Å². The van der Waals surface area contributed by atoms with Gasteiger partial charge < -0.3 is 10.1 Å². The molecule has 1 unspecified atom stereocenters. The molecule has 1 aromatic rings.